The summed E-state index contributed by atoms with van der Waals surface area (Å²) in [7, 11) is 2.23. The molecule has 0 bridgehead atoms. The number of nitrogens with two attached hydrogens (primary N) is 1. The molecule has 18 heavy (non-hydrogen) atoms. The second-order valence-corrected chi connectivity index (χ2v) is 5.73. The summed E-state index contributed by atoms with van der Waals surface area (Å²) in [5, 5.41) is 0. The third kappa shape index (κ3) is 3.56. The van der Waals surface area contributed by atoms with Crippen molar-refractivity contribution >= 4 is 0 Å². The summed E-state index contributed by atoms with van der Waals surface area (Å²) in [6.07, 6.45) is 9.45. The summed E-state index contributed by atoms with van der Waals surface area (Å²) in [5.41, 5.74) is 6.70. The Morgan fingerprint density at radius 3 is 3.06 bits per heavy atom. The summed E-state index contributed by atoms with van der Waals surface area (Å²) in [4.78, 5) is 6.92. The van der Waals surface area contributed by atoms with Gasteiger partial charge in [0.15, 0.2) is 0 Å². The Kier molecular flexibility index (Phi) is 4.78. The normalized spacial score (nSPS) is 24.7. The first-order valence-corrected chi connectivity index (χ1v) is 7.10. The van der Waals surface area contributed by atoms with Crippen LogP contribution in [0.5, 0.6) is 0 Å². The Bertz CT molecular complexity index is 360. The molecule has 0 saturated heterocycles. The fourth-order valence-corrected chi connectivity index (χ4v) is 2.95. The molecule has 1 aromatic heterocycles. The van der Waals surface area contributed by atoms with E-state index in [0.29, 0.717) is 6.54 Å². The Morgan fingerprint density at radius 2 is 2.33 bits per heavy atom. The van der Waals surface area contributed by atoms with E-state index in [1.54, 1.807) is 0 Å². The predicted molar refractivity (Wildman–Crippen MR) is 74.2 cm³/mol. The van der Waals surface area contributed by atoms with Crippen LogP contribution >= 0.6 is 0 Å². The van der Waals surface area contributed by atoms with E-state index in [1.807, 2.05) is 6.33 Å². The molecule has 0 aliphatic heterocycles. The molecule has 102 valence electrons. The third-order valence-corrected chi connectivity index (χ3v) is 4.02. The van der Waals surface area contributed by atoms with Gasteiger partial charge in [-0.3, -0.25) is 4.90 Å². The Balaban J connectivity index is 1.87. The molecule has 1 fully saturated rings. The molecular weight excluding hydrogens is 224 g/mol. The fraction of sp³-hybridized carbons (Fsp3) is 0.786. The van der Waals surface area contributed by atoms with Crippen LogP contribution in [0, 0.1) is 5.92 Å². The summed E-state index contributed by atoms with van der Waals surface area (Å²) in [5.74, 6) is 0.876. The lowest BCUT2D eigenvalue weighted by atomic mass is 9.86. The smallest absolute Gasteiger partial charge is 0.0950 e. The zero-order valence-electron chi connectivity index (χ0n) is 11.7. The topological polar surface area (TPSA) is 47.1 Å². The number of hydrogen-bond acceptors (Lipinski definition) is 3. The molecule has 0 radical (unpaired) electrons. The fourth-order valence-electron chi connectivity index (χ4n) is 2.95. The lowest BCUT2D eigenvalue weighted by Gasteiger charge is -2.33. The van der Waals surface area contributed by atoms with Crippen molar-refractivity contribution in [3.05, 3.63) is 18.2 Å². The predicted octanol–water partition coefficient (Wildman–Crippen LogP) is 1.85. The number of imidazole rings is 1. The molecule has 4 heteroatoms. The Hall–Kier alpha value is -0.870. The first kappa shape index (κ1) is 13.6. The Labute approximate surface area is 110 Å². The number of nitrogens with zero attached hydrogens (tertiary/aromatic N) is 3. The van der Waals surface area contributed by atoms with Crippen LogP contribution in [-0.4, -0.2) is 34.1 Å². The van der Waals surface area contributed by atoms with Crippen LogP contribution in [0.1, 0.15) is 38.3 Å². The first-order valence-electron chi connectivity index (χ1n) is 7.10. The lowest BCUT2D eigenvalue weighted by molar-refractivity contribution is 0.156. The first-order chi connectivity index (χ1) is 8.69. The van der Waals surface area contributed by atoms with Gasteiger partial charge in [-0.25, -0.2) is 4.98 Å². The highest BCUT2D eigenvalue weighted by Gasteiger charge is 2.22. The van der Waals surface area contributed by atoms with Crippen molar-refractivity contribution in [3.63, 3.8) is 0 Å². The average molecular weight is 250 g/mol. The largest absolute Gasteiger partial charge is 0.336 e. The monoisotopic (exact) mass is 250 g/mol. The second-order valence-electron chi connectivity index (χ2n) is 5.73. The van der Waals surface area contributed by atoms with Gasteiger partial charge in [-0.05, 0) is 25.8 Å². The van der Waals surface area contributed by atoms with Crippen molar-refractivity contribution in [3.8, 4) is 0 Å². The minimum Gasteiger partial charge on any atom is -0.336 e. The van der Waals surface area contributed by atoms with Crippen molar-refractivity contribution in [2.45, 2.75) is 51.7 Å². The van der Waals surface area contributed by atoms with E-state index in [9.17, 15) is 0 Å². The standard InChI is InChI=1S/C14H26N4/c1-12-4-3-5-14(8-12)17(2)9-13-10-18(7-6-15)11-16-13/h10-12,14H,3-9,15H2,1-2H3. The van der Waals surface area contributed by atoms with Gasteiger partial charge in [0, 0.05) is 31.9 Å². The highest BCUT2D eigenvalue weighted by molar-refractivity contribution is 4.97. The highest BCUT2D eigenvalue weighted by atomic mass is 15.1. The molecule has 1 saturated carbocycles. The maximum Gasteiger partial charge on any atom is 0.0950 e. The van der Waals surface area contributed by atoms with Crippen LogP contribution in [0.3, 0.4) is 0 Å². The summed E-state index contributed by atoms with van der Waals surface area (Å²) >= 11 is 0. The SMILES string of the molecule is CC1CCCC(N(C)Cc2cn(CCN)cn2)C1. The quantitative estimate of drug-likeness (QED) is 0.867. The summed E-state index contributed by atoms with van der Waals surface area (Å²) in [6.45, 7) is 4.86. The minimum atomic E-state index is 0.672. The van der Waals surface area contributed by atoms with Crippen molar-refractivity contribution in [2.75, 3.05) is 13.6 Å². The van der Waals surface area contributed by atoms with Gasteiger partial charge in [0.2, 0.25) is 0 Å². The van der Waals surface area contributed by atoms with Gasteiger partial charge in [-0.1, -0.05) is 19.8 Å². The van der Waals surface area contributed by atoms with Crippen molar-refractivity contribution in [2.24, 2.45) is 11.7 Å². The van der Waals surface area contributed by atoms with Gasteiger partial charge < -0.3 is 10.3 Å². The van der Waals surface area contributed by atoms with Crippen LogP contribution in [0.15, 0.2) is 12.5 Å². The number of hydrogen-bond donors (Lipinski definition) is 1. The molecule has 1 aliphatic carbocycles. The molecule has 1 aromatic rings. The van der Waals surface area contributed by atoms with Gasteiger partial charge in [0.05, 0.1) is 12.0 Å². The number of rotatable bonds is 5. The zero-order valence-corrected chi connectivity index (χ0v) is 11.7. The van der Waals surface area contributed by atoms with Gasteiger partial charge in [0.25, 0.3) is 0 Å². The van der Waals surface area contributed by atoms with Crippen LogP contribution in [0.25, 0.3) is 0 Å². The van der Waals surface area contributed by atoms with E-state index in [-0.39, 0.29) is 0 Å². The molecule has 1 aliphatic rings. The summed E-state index contributed by atoms with van der Waals surface area (Å²) in [6, 6.07) is 0.730. The van der Waals surface area contributed by atoms with E-state index in [2.05, 4.69) is 34.6 Å². The lowest BCUT2D eigenvalue weighted by Crippen LogP contribution is -2.35. The molecule has 2 atom stereocenters. The van der Waals surface area contributed by atoms with Gasteiger partial charge in [-0.2, -0.15) is 0 Å². The molecule has 2 rings (SSSR count). The molecule has 0 amide bonds. The van der Waals surface area contributed by atoms with Crippen LogP contribution in [0.2, 0.25) is 0 Å². The highest BCUT2D eigenvalue weighted by Crippen LogP contribution is 2.27. The molecule has 1 heterocycles. The van der Waals surface area contributed by atoms with E-state index in [4.69, 9.17) is 5.73 Å². The van der Waals surface area contributed by atoms with Crippen LogP contribution < -0.4 is 5.73 Å². The maximum atomic E-state index is 5.54. The number of aromatic nitrogens is 2. The average Bonchev–Trinajstić information content (AvgIpc) is 2.77. The van der Waals surface area contributed by atoms with Crippen molar-refractivity contribution < 1.29 is 0 Å². The van der Waals surface area contributed by atoms with Gasteiger partial charge >= 0.3 is 0 Å². The van der Waals surface area contributed by atoms with E-state index < -0.39 is 0 Å². The van der Waals surface area contributed by atoms with Gasteiger partial charge in [-0.15, -0.1) is 0 Å². The second kappa shape index (κ2) is 6.34. The molecule has 2 N–H and O–H groups in total. The van der Waals surface area contributed by atoms with Crippen molar-refractivity contribution in [1.29, 1.82) is 0 Å². The summed E-state index contributed by atoms with van der Waals surface area (Å²) < 4.78 is 2.08. The minimum absolute atomic E-state index is 0.672. The molecule has 0 spiro atoms. The van der Waals surface area contributed by atoms with Gasteiger partial charge in [0.1, 0.15) is 0 Å². The molecular formula is C14H26N4. The zero-order chi connectivity index (χ0) is 13.0. The van der Waals surface area contributed by atoms with Crippen molar-refractivity contribution in [1.82, 2.24) is 14.5 Å². The van der Waals surface area contributed by atoms with E-state index in [0.717, 1.165) is 30.7 Å². The molecule has 2 unspecified atom stereocenters. The maximum absolute atomic E-state index is 5.54. The molecule has 4 nitrogen and oxygen atoms in total. The van der Waals surface area contributed by atoms with E-state index >= 15 is 0 Å². The van der Waals surface area contributed by atoms with Crippen LogP contribution in [0.4, 0.5) is 0 Å². The Morgan fingerprint density at radius 1 is 1.50 bits per heavy atom. The third-order valence-electron chi connectivity index (χ3n) is 4.02. The van der Waals surface area contributed by atoms with E-state index in [1.165, 1.54) is 25.7 Å². The van der Waals surface area contributed by atoms with Crippen LogP contribution in [-0.2, 0) is 13.1 Å². The molecule has 0 aromatic carbocycles.